The highest BCUT2D eigenvalue weighted by Crippen LogP contribution is 2.35. The van der Waals surface area contributed by atoms with Crippen LogP contribution in [-0.4, -0.2) is 30.3 Å². The monoisotopic (exact) mass is 467 g/mol. The molecule has 0 saturated carbocycles. The number of nitrogens with one attached hydrogen (secondary N) is 1. The summed E-state index contributed by atoms with van der Waals surface area (Å²) >= 11 is 5.96. The van der Waals surface area contributed by atoms with Crippen molar-refractivity contribution in [3.63, 3.8) is 0 Å². The van der Waals surface area contributed by atoms with E-state index in [9.17, 15) is 31.1 Å². The fraction of sp³-hybridized carbons (Fsp3) is 0.368. The summed E-state index contributed by atoms with van der Waals surface area (Å²) in [7, 11) is 0. The molecule has 168 valence electrons. The van der Waals surface area contributed by atoms with Crippen molar-refractivity contribution in [1.29, 1.82) is 0 Å². The number of aromatic nitrogens is 1. The van der Waals surface area contributed by atoms with Crippen molar-refractivity contribution >= 4 is 29.0 Å². The van der Waals surface area contributed by atoms with Crippen LogP contribution in [-0.2, 0) is 11.0 Å². The molecule has 1 aromatic carbocycles. The number of hydrogen-bond acceptors (Lipinski definition) is 4. The van der Waals surface area contributed by atoms with Crippen LogP contribution in [0.2, 0.25) is 5.02 Å². The van der Waals surface area contributed by atoms with E-state index in [1.165, 1.54) is 18.2 Å². The molecule has 0 bridgehead atoms. The van der Waals surface area contributed by atoms with Gasteiger partial charge in [0.25, 0.3) is 0 Å². The summed E-state index contributed by atoms with van der Waals surface area (Å²) in [6, 6.07) is 5.97. The van der Waals surface area contributed by atoms with Crippen molar-refractivity contribution in [3.8, 4) is 5.75 Å². The van der Waals surface area contributed by atoms with Crippen LogP contribution >= 0.6 is 11.6 Å². The lowest BCUT2D eigenvalue weighted by Crippen LogP contribution is -2.38. The quantitative estimate of drug-likeness (QED) is 0.603. The fourth-order valence-corrected chi connectivity index (χ4v) is 3.48. The van der Waals surface area contributed by atoms with Crippen LogP contribution in [0.15, 0.2) is 36.5 Å². The average molecular weight is 468 g/mol. The van der Waals surface area contributed by atoms with Crippen LogP contribution in [0.3, 0.4) is 0 Å². The molecular formula is C19H16ClF6N3O2. The highest BCUT2D eigenvalue weighted by atomic mass is 35.5. The van der Waals surface area contributed by atoms with Crippen molar-refractivity contribution in [2.45, 2.75) is 25.4 Å². The summed E-state index contributed by atoms with van der Waals surface area (Å²) < 4.78 is 79.7. The van der Waals surface area contributed by atoms with E-state index in [0.29, 0.717) is 19.0 Å². The molecule has 1 aliphatic heterocycles. The molecule has 1 aliphatic rings. The van der Waals surface area contributed by atoms with Gasteiger partial charge < -0.3 is 15.0 Å². The molecule has 0 spiro atoms. The second-order valence-corrected chi connectivity index (χ2v) is 7.23. The second kappa shape index (κ2) is 8.81. The largest absolute Gasteiger partial charge is 0.573 e. The molecule has 1 saturated heterocycles. The minimum atomic E-state index is -4.90. The zero-order valence-corrected chi connectivity index (χ0v) is 16.5. The molecule has 1 N–H and O–H groups in total. The van der Waals surface area contributed by atoms with E-state index in [1.807, 2.05) is 0 Å². The number of benzene rings is 1. The van der Waals surface area contributed by atoms with Crippen molar-refractivity contribution < 1.29 is 35.9 Å². The van der Waals surface area contributed by atoms with Crippen molar-refractivity contribution in [2.24, 2.45) is 5.92 Å². The summed E-state index contributed by atoms with van der Waals surface area (Å²) in [5.74, 6) is -1.34. The zero-order valence-electron chi connectivity index (χ0n) is 15.7. The van der Waals surface area contributed by atoms with E-state index in [0.717, 1.165) is 12.1 Å². The first-order valence-electron chi connectivity index (χ1n) is 9.07. The van der Waals surface area contributed by atoms with E-state index < -0.39 is 35.7 Å². The number of amides is 1. The van der Waals surface area contributed by atoms with Gasteiger partial charge in [-0.3, -0.25) is 4.79 Å². The summed E-state index contributed by atoms with van der Waals surface area (Å²) in [5.41, 5.74) is -1.07. The van der Waals surface area contributed by atoms with Gasteiger partial charge in [0, 0.05) is 25.2 Å². The van der Waals surface area contributed by atoms with Gasteiger partial charge >= 0.3 is 12.5 Å². The number of hydrogen-bond donors (Lipinski definition) is 1. The number of carbonyl (C=O) groups excluding carboxylic acids is 1. The molecule has 1 fully saturated rings. The summed E-state index contributed by atoms with van der Waals surface area (Å²) in [5, 5.41) is 2.29. The first kappa shape index (κ1) is 23.0. The highest BCUT2D eigenvalue weighted by Gasteiger charge is 2.34. The normalized spacial score (nSPS) is 15.6. The fourth-order valence-electron chi connectivity index (χ4n) is 3.19. The molecule has 0 radical (unpaired) electrons. The third kappa shape index (κ3) is 5.93. The minimum absolute atomic E-state index is 0.111. The van der Waals surface area contributed by atoms with Crippen LogP contribution in [0.5, 0.6) is 5.75 Å². The maximum atomic E-state index is 12.8. The van der Waals surface area contributed by atoms with Gasteiger partial charge in [0.1, 0.15) is 5.82 Å². The van der Waals surface area contributed by atoms with Gasteiger partial charge in [0.2, 0.25) is 5.91 Å². The van der Waals surface area contributed by atoms with Gasteiger partial charge in [-0.05, 0) is 31.0 Å². The predicted molar refractivity (Wildman–Crippen MR) is 101 cm³/mol. The minimum Gasteiger partial charge on any atom is -0.404 e. The van der Waals surface area contributed by atoms with Crippen molar-refractivity contribution in [3.05, 3.63) is 47.1 Å². The lowest BCUT2D eigenvalue weighted by atomic mass is 9.95. The lowest BCUT2D eigenvalue weighted by molar-refractivity contribution is -0.274. The lowest BCUT2D eigenvalue weighted by Gasteiger charge is -2.32. The Bertz CT molecular complexity index is 943. The number of pyridine rings is 1. The number of para-hydroxylation sites is 2. The number of ether oxygens (including phenoxy) is 1. The Balaban J connectivity index is 1.62. The topological polar surface area (TPSA) is 54.5 Å². The molecule has 2 aromatic rings. The van der Waals surface area contributed by atoms with Crippen LogP contribution < -0.4 is 15.0 Å². The average Bonchev–Trinajstić information content (AvgIpc) is 2.68. The van der Waals surface area contributed by atoms with Gasteiger partial charge in [0.05, 0.1) is 16.3 Å². The molecule has 0 aliphatic carbocycles. The van der Waals surface area contributed by atoms with Crippen LogP contribution in [0.1, 0.15) is 18.4 Å². The number of anilines is 2. The molecule has 12 heteroatoms. The Morgan fingerprint density at radius 3 is 2.35 bits per heavy atom. The molecule has 0 unspecified atom stereocenters. The van der Waals surface area contributed by atoms with Gasteiger partial charge in [-0.2, -0.15) is 13.2 Å². The Morgan fingerprint density at radius 2 is 1.77 bits per heavy atom. The van der Waals surface area contributed by atoms with E-state index in [1.54, 1.807) is 4.90 Å². The smallest absolute Gasteiger partial charge is 0.404 e. The summed E-state index contributed by atoms with van der Waals surface area (Å²) in [6.07, 6.45) is -8.15. The molecule has 1 aromatic heterocycles. The molecule has 31 heavy (non-hydrogen) atoms. The third-order valence-corrected chi connectivity index (χ3v) is 4.96. The Kier molecular flexibility index (Phi) is 6.54. The van der Waals surface area contributed by atoms with E-state index in [-0.39, 0.29) is 29.6 Å². The number of nitrogens with zero attached hydrogens (tertiary/aromatic N) is 2. The first-order valence-corrected chi connectivity index (χ1v) is 9.45. The maximum Gasteiger partial charge on any atom is 0.573 e. The Labute approximate surface area is 178 Å². The maximum absolute atomic E-state index is 12.8. The second-order valence-electron chi connectivity index (χ2n) is 6.82. The third-order valence-electron chi connectivity index (χ3n) is 4.68. The molecule has 2 heterocycles. The SMILES string of the molecule is O=C(Nc1ccccc1OC(F)(F)F)C1CCN(c2ncc(C(F)(F)F)cc2Cl)CC1. The molecule has 1 amide bonds. The number of carbonyl (C=O) groups is 1. The number of rotatable bonds is 4. The van der Waals surface area contributed by atoms with E-state index in [2.05, 4.69) is 15.0 Å². The number of piperidine rings is 1. The molecule has 0 atom stereocenters. The first-order chi connectivity index (χ1) is 14.4. The van der Waals surface area contributed by atoms with Crippen LogP contribution in [0.4, 0.5) is 37.8 Å². The molecular weight excluding hydrogens is 452 g/mol. The molecule has 5 nitrogen and oxygen atoms in total. The number of alkyl halides is 6. The standard InChI is InChI=1S/C19H16ClF6N3O2/c20-13-9-12(18(21,22)23)10-27-16(13)29-7-5-11(6-8-29)17(30)28-14-3-1-2-4-15(14)31-19(24,25)26/h1-4,9-11H,5-8H2,(H,28,30). The van der Waals surface area contributed by atoms with Crippen LogP contribution in [0.25, 0.3) is 0 Å². The van der Waals surface area contributed by atoms with Gasteiger partial charge in [-0.15, -0.1) is 13.2 Å². The van der Waals surface area contributed by atoms with Crippen molar-refractivity contribution in [2.75, 3.05) is 23.3 Å². The van der Waals surface area contributed by atoms with Crippen LogP contribution in [0, 0.1) is 5.92 Å². The highest BCUT2D eigenvalue weighted by molar-refractivity contribution is 6.33. The van der Waals surface area contributed by atoms with E-state index in [4.69, 9.17) is 11.6 Å². The Hall–Kier alpha value is -2.69. The predicted octanol–water partition coefficient (Wildman–Crippen LogP) is 5.51. The van der Waals surface area contributed by atoms with Gasteiger partial charge in [0.15, 0.2) is 5.75 Å². The number of halogens is 7. The van der Waals surface area contributed by atoms with Gasteiger partial charge in [-0.25, -0.2) is 4.98 Å². The molecule has 3 rings (SSSR count). The Morgan fingerprint density at radius 1 is 1.13 bits per heavy atom. The summed E-state index contributed by atoms with van der Waals surface area (Å²) in [6.45, 7) is 0.577. The summed E-state index contributed by atoms with van der Waals surface area (Å²) in [4.78, 5) is 18.0. The zero-order chi connectivity index (χ0) is 22.8. The van der Waals surface area contributed by atoms with E-state index >= 15 is 0 Å². The van der Waals surface area contributed by atoms with Crippen molar-refractivity contribution in [1.82, 2.24) is 4.98 Å². The van der Waals surface area contributed by atoms with Gasteiger partial charge in [-0.1, -0.05) is 23.7 Å².